The Hall–Kier alpha value is -1.40. The molecule has 0 spiro atoms. The van der Waals surface area contributed by atoms with Gasteiger partial charge in [-0.3, -0.25) is 0 Å². The number of aromatic nitrogens is 2. The number of hydrazine groups is 1. The molecular formula is C14H23N5O. The Morgan fingerprint density at radius 3 is 2.30 bits per heavy atom. The van der Waals surface area contributed by atoms with Crippen molar-refractivity contribution >= 4 is 11.6 Å². The molecular weight excluding hydrogens is 254 g/mol. The lowest BCUT2D eigenvalue weighted by atomic mass is 9.93. The molecule has 1 aromatic rings. The normalized spacial score (nSPS) is 26.4. The van der Waals surface area contributed by atoms with E-state index in [0.717, 1.165) is 42.9 Å². The van der Waals surface area contributed by atoms with Crippen LogP contribution in [0.25, 0.3) is 0 Å². The lowest BCUT2D eigenvalue weighted by molar-refractivity contribution is 0.126. The summed E-state index contributed by atoms with van der Waals surface area (Å²) in [5, 5.41) is 13.1. The third-order valence-corrected chi connectivity index (χ3v) is 4.28. The fourth-order valence-corrected chi connectivity index (χ4v) is 2.75. The lowest BCUT2D eigenvalue weighted by Crippen LogP contribution is -2.29. The fourth-order valence-electron chi connectivity index (χ4n) is 2.75. The summed E-state index contributed by atoms with van der Waals surface area (Å²) in [6.45, 7) is 1.98. The molecule has 0 atom stereocenters. The van der Waals surface area contributed by atoms with Crippen LogP contribution in [0.4, 0.5) is 11.6 Å². The van der Waals surface area contributed by atoms with E-state index in [1.165, 1.54) is 12.8 Å². The van der Waals surface area contributed by atoms with Crippen molar-refractivity contribution in [3.05, 3.63) is 11.4 Å². The molecule has 6 nitrogen and oxygen atoms in total. The summed E-state index contributed by atoms with van der Waals surface area (Å²) in [4.78, 5) is 9.17. The van der Waals surface area contributed by atoms with Gasteiger partial charge in [-0.05, 0) is 45.4 Å². The molecule has 2 fully saturated rings. The molecule has 2 aliphatic rings. The summed E-state index contributed by atoms with van der Waals surface area (Å²) in [6, 6.07) is 0.379. The molecule has 2 aliphatic carbocycles. The molecule has 20 heavy (non-hydrogen) atoms. The molecule has 0 aromatic carbocycles. The average Bonchev–Trinajstić information content (AvgIpc) is 3.28. The van der Waals surface area contributed by atoms with Gasteiger partial charge in [0.15, 0.2) is 0 Å². The topological polar surface area (TPSA) is 96.1 Å². The second kappa shape index (κ2) is 5.54. The molecule has 1 aromatic heterocycles. The SMILES string of the molecule is Cc1c(NN)nc(C2CC2)nc1NC1CCC(O)CC1. The molecule has 0 bridgehead atoms. The zero-order chi connectivity index (χ0) is 14.1. The van der Waals surface area contributed by atoms with Gasteiger partial charge in [-0.2, -0.15) is 0 Å². The molecule has 0 radical (unpaired) electrons. The Morgan fingerprint density at radius 1 is 1.05 bits per heavy atom. The first-order valence-corrected chi connectivity index (χ1v) is 7.47. The van der Waals surface area contributed by atoms with E-state index < -0.39 is 0 Å². The highest BCUT2D eigenvalue weighted by Crippen LogP contribution is 2.39. The van der Waals surface area contributed by atoms with Gasteiger partial charge in [0.05, 0.1) is 6.10 Å². The van der Waals surface area contributed by atoms with Crippen LogP contribution in [0.15, 0.2) is 0 Å². The van der Waals surface area contributed by atoms with E-state index in [1.54, 1.807) is 0 Å². The van der Waals surface area contributed by atoms with Crippen LogP contribution >= 0.6 is 0 Å². The maximum Gasteiger partial charge on any atom is 0.148 e. The van der Waals surface area contributed by atoms with Crippen LogP contribution in [-0.2, 0) is 0 Å². The average molecular weight is 277 g/mol. The van der Waals surface area contributed by atoms with Crippen LogP contribution < -0.4 is 16.6 Å². The van der Waals surface area contributed by atoms with E-state index in [-0.39, 0.29) is 6.10 Å². The van der Waals surface area contributed by atoms with Crippen molar-refractivity contribution < 1.29 is 5.11 Å². The van der Waals surface area contributed by atoms with Crippen molar-refractivity contribution in [3.8, 4) is 0 Å². The van der Waals surface area contributed by atoms with Gasteiger partial charge in [0.25, 0.3) is 0 Å². The van der Waals surface area contributed by atoms with Gasteiger partial charge in [-0.15, -0.1) is 0 Å². The van der Waals surface area contributed by atoms with Crippen molar-refractivity contribution in [1.29, 1.82) is 0 Å². The van der Waals surface area contributed by atoms with Gasteiger partial charge < -0.3 is 15.8 Å². The van der Waals surface area contributed by atoms with E-state index in [9.17, 15) is 5.11 Å². The van der Waals surface area contributed by atoms with E-state index in [0.29, 0.717) is 17.8 Å². The van der Waals surface area contributed by atoms with Crippen molar-refractivity contribution in [1.82, 2.24) is 9.97 Å². The molecule has 110 valence electrons. The van der Waals surface area contributed by atoms with Crippen molar-refractivity contribution in [2.24, 2.45) is 5.84 Å². The second-order valence-electron chi connectivity index (χ2n) is 5.97. The molecule has 1 heterocycles. The first-order chi connectivity index (χ1) is 9.67. The van der Waals surface area contributed by atoms with E-state index in [1.807, 2.05) is 6.92 Å². The Morgan fingerprint density at radius 2 is 1.70 bits per heavy atom. The van der Waals surface area contributed by atoms with E-state index in [2.05, 4.69) is 20.7 Å². The molecule has 5 N–H and O–H groups in total. The number of nitrogens with zero attached hydrogens (tertiary/aromatic N) is 2. The second-order valence-corrected chi connectivity index (χ2v) is 5.97. The summed E-state index contributed by atoms with van der Waals surface area (Å²) < 4.78 is 0. The van der Waals surface area contributed by atoms with Gasteiger partial charge in [0.2, 0.25) is 0 Å². The monoisotopic (exact) mass is 277 g/mol. The van der Waals surface area contributed by atoms with Crippen LogP contribution in [0.3, 0.4) is 0 Å². The van der Waals surface area contributed by atoms with Gasteiger partial charge in [-0.1, -0.05) is 0 Å². The summed E-state index contributed by atoms with van der Waals surface area (Å²) in [5.41, 5.74) is 3.63. The Bertz CT molecular complexity index is 481. The lowest BCUT2D eigenvalue weighted by Gasteiger charge is -2.27. The fraction of sp³-hybridized carbons (Fsp3) is 0.714. The molecule has 0 amide bonds. The minimum Gasteiger partial charge on any atom is -0.393 e. The van der Waals surface area contributed by atoms with Crippen LogP contribution in [0, 0.1) is 6.92 Å². The Labute approximate surface area is 119 Å². The highest BCUT2D eigenvalue weighted by molar-refractivity contribution is 5.57. The summed E-state index contributed by atoms with van der Waals surface area (Å²) in [7, 11) is 0. The van der Waals surface area contributed by atoms with Gasteiger partial charge >= 0.3 is 0 Å². The maximum absolute atomic E-state index is 9.58. The number of hydrogen-bond donors (Lipinski definition) is 4. The predicted molar refractivity (Wildman–Crippen MR) is 78.4 cm³/mol. The van der Waals surface area contributed by atoms with Crippen LogP contribution in [0.5, 0.6) is 0 Å². The number of rotatable bonds is 4. The number of aliphatic hydroxyl groups excluding tert-OH is 1. The van der Waals surface area contributed by atoms with Gasteiger partial charge in [0.1, 0.15) is 17.5 Å². The highest BCUT2D eigenvalue weighted by Gasteiger charge is 2.29. The summed E-state index contributed by atoms with van der Waals surface area (Å²) in [5.74, 6) is 8.54. The number of nitrogens with one attached hydrogen (secondary N) is 2. The predicted octanol–water partition coefficient (Wildman–Crippen LogP) is 1.66. The van der Waals surface area contributed by atoms with E-state index in [4.69, 9.17) is 5.84 Å². The number of hydrogen-bond acceptors (Lipinski definition) is 6. The first kappa shape index (κ1) is 13.6. The number of anilines is 2. The largest absolute Gasteiger partial charge is 0.393 e. The van der Waals surface area contributed by atoms with Crippen LogP contribution in [-0.4, -0.2) is 27.2 Å². The molecule has 0 aliphatic heterocycles. The molecule has 6 heteroatoms. The van der Waals surface area contributed by atoms with Gasteiger partial charge in [0, 0.05) is 17.5 Å². The van der Waals surface area contributed by atoms with Gasteiger partial charge in [-0.25, -0.2) is 15.8 Å². The minimum atomic E-state index is -0.136. The number of aliphatic hydroxyl groups is 1. The molecule has 0 saturated heterocycles. The van der Waals surface area contributed by atoms with Crippen LogP contribution in [0.1, 0.15) is 55.8 Å². The summed E-state index contributed by atoms with van der Waals surface area (Å²) >= 11 is 0. The van der Waals surface area contributed by atoms with Crippen molar-refractivity contribution in [3.63, 3.8) is 0 Å². The highest BCUT2D eigenvalue weighted by atomic mass is 16.3. The minimum absolute atomic E-state index is 0.136. The number of nitrogen functional groups attached to an aromatic ring is 1. The van der Waals surface area contributed by atoms with Crippen LogP contribution in [0.2, 0.25) is 0 Å². The van der Waals surface area contributed by atoms with Crippen molar-refractivity contribution in [2.45, 2.75) is 63.5 Å². The number of nitrogens with two attached hydrogens (primary N) is 1. The zero-order valence-electron chi connectivity index (χ0n) is 11.9. The zero-order valence-corrected chi connectivity index (χ0v) is 11.9. The third-order valence-electron chi connectivity index (χ3n) is 4.28. The Kier molecular flexibility index (Phi) is 3.76. The molecule has 0 unspecified atom stereocenters. The quantitative estimate of drug-likeness (QED) is 0.494. The molecule has 3 rings (SSSR count). The molecule has 2 saturated carbocycles. The van der Waals surface area contributed by atoms with E-state index >= 15 is 0 Å². The van der Waals surface area contributed by atoms with Crippen molar-refractivity contribution in [2.75, 3.05) is 10.7 Å². The smallest absolute Gasteiger partial charge is 0.148 e. The first-order valence-electron chi connectivity index (χ1n) is 7.47. The summed E-state index contributed by atoms with van der Waals surface area (Å²) in [6.07, 6.45) is 5.88. The standard InChI is InChI=1S/C14H23N5O/c1-8-12(16-10-4-6-11(20)7-5-10)17-14(9-2-3-9)18-13(8)19-15/h9-11,20H,2-7,15H2,1H3,(H2,16,17,18,19). The maximum atomic E-state index is 9.58. The Balaban J connectivity index is 1.78. The third kappa shape index (κ3) is 2.86.